The maximum atomic E-state index is 13.7. The van der Waals surface area contributed by atoms with Gasteiger partial charge in [-0.2, -0.15) is 0 Å². The van der Waals surface area contributed by atoms with Crippen molar-refractivity contribution in [3.63, 3.8) is 0 Å². The number of amides is 2. The van der Waals surface area contributed by atoms with E-state index in [0.717, 1.165) is 28.5 Å². The number of aryl methyl sites for hydroxylation is 1. The summed E-state index contributed by atoms with van der Waals surface area (Å²) in [6, 6.07) is 13.0. The van der Waals surface area contributed by atoms with Gasteiger partial charge < -0.3 is 40.3 Å². The smallest absolute Gasteiger partial charge is 0.404 e. The molecule has 4 rings (SSSR count). The predicted molar refractivity (Wildman–Crippen MR) is 138 cm³/mol. The highest BCUT2D eigenvalue weighted by Crippen LogP contribution is 2.43. The SMILES string of the molecule is CCc1ccc2c3c1cc(C(=O)N[C@@H](Cc1ccccc1)[C@H](O)CNC(=O)O)n3C(C)C(O)(O)SN2. The molecule has 0 spiro atoms. The number of aliphatic hydroxyl groups is 3. The molecule has 7 N–H and O–H groups in total. The van der Waals surface area contributed by atoms with E-state index in [9.17, 15) is 24.9 Å². The van der Waals surface area contributed by atoms with Crippen molar-refractivity contribution in [2.45, 2.75) is 50.0 Å². The zero-order chi connectivity index (χ0) is 26.0. The maximum Gasteiger partial charge on any atom is 0.404 e. The molecule has 1 aromatic heterocycles. The van der Waals surface area contributed by atoms with Gasteiger partial charge in [0.05, 0.1) is 29.4 Å². The van der Waals surface area contributed by atoms with E-state index >= 15 is 0 Å². The summed E-state index contributed by atoms with van der Waals surface area (Å²) in [5.74, 6) is -0.524. The third kappa shape index (κ3) is 5.14. The summed E-state index contributed by atoms with van der Waals surface area (Å²) in [7, 11) is 0. The molecular formula is C25H30N4O6S. The molecule has 2 amide bonds. The number of aliphatic hydroxyl groups excluding tert-OH is 1. The Morgan fingerprint density at radius 2 is 1.92 bits per heavy atom. The largest absolute Gasteiger partial charge is 0.465 e. The first-order valence-electron chi connectivity index (χ1n) is 11.7. The highest BCUT2D eigenvalue weighted by atomic mass is 32.2. The fraction of sp³-hybridized carbons (Fsp3) is 0.360. The number of nitrogens with zero attached hydrogens (tertiary/aromatic N) is 1. The summed E-state index contributed by atoms with van der Waals surface area (Å²) in [4.78, 5) is 24.6. The lowest BCUT2D eigenvalue weighted by Gasteiger charge is -2.29. The normalized spacial score (nSPS) is 18.1. The molecule has 3 atom stereocenters. The molecular weight excluding hydrogens is 484 g/mol. The van der Waals surface area contributed by atoms with Crippen LogP contribution in [-0.4, -0.2) is 60.8 Å². The van der Waals surface area contributed by atoms with Crippen LogP contribution in [-0.2, 0) is 12.8 Å². The van der Waals surface area contributed by atoms with E-state index < -0.39 is 35.3 Å². The molecule has 0 saturated heterocycles. The average molecular weight is 515 g/mol. The molecule has 2 aromatic carbocycles. The molecule has 2 heterocycles. The van der Waals surface area contributed by atoms with Crippen molar-refractivity contribution in [3.8, 4) is 0 Å². The van der Waals surface area contributed by atoms with Gasteiger partial charge in [0.25, 0.3) is 11.0 Å². The maximum absolute atomic E-state index is 13.7. The van der Waals surface area contributed by atoms with Crippen LogP contribution in [0.15, 0.2) is 48.5 Å². The number of carboxylic acid groups (broad SMARTS) is 1. The van der Waals surface area contributed by atoms with Crippen molar-refractivity contribution < 1.29 is 30.0 Å². The number of nitrogens with one attached hydrogen (secondary N) is 3. The van der Waals surface area contributed by atoms with Gasteiger partial charge in [-0.15, -0.1) is 0 Å². The number of carbonyl (C=O) groups is 2. The Bertz CT molecular complexity index is 1260. The Hall–Kier alpha value is -3.25. The predicted octanol–water partition coefficient (Wildman–Crippen LogP) is 2.45. The van der Waals surface area contributed by atoms with Crippen LogP contribution in [0.1, 0.15) is 41.5 Å². The molecule has 36 heavy (non-hydrogen) atoms. The van der Waals surface area contributed by atoms with Gasteiger partial charge in [-0.1, -0.05) is 43.3 Å². The number of hydrogen-bond acceptors (Lipinski definition) is 7. The summed E-state index contributed by atoms with van der Waals surface area (Å²) >= 11 is 0.752. The minimum absolute atomic E-state index is 0.202. The van der Waals surface area contributed by atoms with Gasteiger partial charge in [0.15, 0.2) is 0 Å². The van der Waals surface area contributed by atoms with Gasteiger partial charge in [-0.3, -0.25) is 4.79 Å². The van der Waals surface area contributed by atoms with Crippen LogP contribution in [0.4, 0.5) is 10.5 Å². The van der Waals surface area contributed by atoms with Crippen LogP contribution >= 0.6 is 11.9 Å². The van der Waals surface area contributed by atoms with Gasteiger partial charge in [-0.25, -0.2) is 4.79 Å². The van der Waals surface area contributed by atoms with Crippen LogP contribution in [0, 0.1) is 0 Å². The molecule has 3 aromatic rings. The topological polar surface area (TPSA) is 156 Å². The second-order valence-electron chi connectivity index (χ2n) is 8.85. The monoisotopic (exact) mass is 514 g/mol. The first-order chi connectivity index (χ1) is 17.1. The van der Waals surface area contributed by atoms with Crippen molar-refractivity contribution in [1.29, 1.82) is 0 Å². The lowest BCUT2D eigenvalue weighted by molar-refractivity contribution is -0.107. The molecule has 0 fully saturated rings. The molecule has 0 radical (unpaired) electrons. The minimum atomic E-state index is -2.21. The highest BCUT2D eigenvalue weighted by molar-refractivity contribution is 8.01. The molecule has 1 unspecified atom stereocenters. The summed E-state index contributed by atoms with van der Waals surface area (Å²) in [6.45, 7) is 3.35. The average Bonchev–Trinajstić information content (AvgIpc) is 3.22. The van der Waals surface area contributed by atoms with Crippen LogP contribution in [0.5, 0.6) is 0 Å². The van der Waals surface area contributed by atoms with Crippen molar-refractivity contribution >= 4 is 40.5 Å². The van der Waals surface area contributed by atoms with E-state index in [1.807, 2.05) is 49.4 Å². The Morgan fingerprint density at radius 3 is 2.58 bits per heavy atom. The fourth-order valence-electron chi connectivity index (χ4n) is 4.48. The third-order valence-electron chi connectivity index (χ3n) is 6.49. The van der Waals surface area contributed by atoms with E-state index in [4.69, 9.17) is 5.11 Å². The van der Waals surface area contributed by atoms with Gasteiger partial charge in [0, 0.05) is 23.9 Å². The fourth-order valence-corrected chi connectivity index (χ4v) is 5.18. The van der Waals surface area contributed by atoms with Crippen molar-refractivity contribution in [2.75, 3.05) is 11.3 Å². The number of aromatic nitrogens is 1. The molecule has 0 saturated carbocycles. The Kier molecular flexibility index (Phi) is 7.46. The van der Waals surface area contributed by atoms with Crippen LogP contribution < -0.4 is 15.4 Å². The number of hydrogen-bond donors (Lipinski definition) is 7. The van der Waals surface area contributed by atoms with Crippen LogP contribution in [0.2, 0.25) is 0 Å². The second-order valence-corrected chi connectivity index (χ2v) is 9.86. The number of benzene rings is 2. The first-order valence-corrected chi connectivity index (χ1v) is 12.5. The van der Waals surface area contributed by atoms with E-state index in [0.29, 0.717) is 17.6 Å². The van der Waals surface area contributed by atoms with Crippen molar-refractivity contribution in [2.24, 2.45) is 0 Å². The summed E-state index contributed by atoms with van der Waals surface area (Å²) in [6.07, 6.45) is -1.51. The number of anilines is 1. The quantitative estimate of drug-likeness (QED) is 0.179. The molecule has 0 bridgehead atoms. The van der Waals surface area contributed by atoms with Gasteiger partial charge >= 0.3 is 6.09 Å². The van der Waals surface area contributed by atoms with E-state index in [-0.39, 0.29) is 18.7 Å². The molecule has 10 nitrogen and oxygen atoms in total. The van der Waals surface area contributed by atoms with Crippen LogP contribution in [0.25, 0.3) is 10.9 Å². The van der Waals surface area contributed by atoms with E-state index in [1.54, 1.807) is 17.6 Å². The number of carbonyl (C=O) groups excluding carboxylic acids is 1. The summed E-state index contributed by atoms with van der Waals surface area (Å²) < 4.78 is 4.60. The lowest BCUT2D eigenvalue weighted by atomic mass is 10.0. The molecule has 1 aliphatic rings. The molecule has 0 aliphatic carbocycles. The zero-order valence-corrected chi connectivity index (χ0v) is 20.7. The standard InChI is InChI=1S/C25H30N4O6S/c1-3-16-9-10-18-22-17(16)12-20(29(22)14(2)25(34,35)36-28-18)23(31)27-19(21(30)13-26-24(32)33)11-15-7-5-4-6-8-15/h4-10,12,14,19,21,26,28,30,34-35H,3,11,13H2,1-2H3,(H,27,31)(H,32,33)/t14?,19-,21+/m0/s1. The minimum Gasteiger partial charge on any atom is -0.465 e. The number of rotatable bonds is 8. The third-order valence-corrected chi connectivity index (χ3v) is 7.45. The van der Waals surface area contributed by atoms with E-state index in [1.165, 1.54) is 0 Å². The molecule has 192 valence electrons. The lowest BCUT2D eigenvalue weighted by Crippen LogP contribution is -2.50. The van der Waals surface area contributed by atoms with Gasteiger partial charge in [0.1, 0.15) is 5.69 Å². The van der Waals surface area contributed by atoms with Crippen molar-refractivity contribution in [3.05, 3.63) is 65.4 Å². The zero-order valence-electron chi connectivity index (χ0n) is 19.9. The van der Waals surface area contributed by atoms with Crippen LogP contribution in [0.3, 0.4) is 0 Å². The van der Waals surface area contributed by atoms with Gasteiger partial charge in [0.2, 0.25) is 0 Å². The Morgan fingerprint density at radius 1 is 1.19 bits per heavy atom. The first kappa shape index (κ1) is 25.8. The van der Waals surface area contributed by atoms with Crippen molar-refractivity contribution in [1.82, 2.24) is 15.2 Å². The Labute approximate surface area is 212 Å². The summed E-state index contributed by atoms with van der Waals surface area (Å²) in [5, 5.41) is 44.7. The summed E-state index contributed by atoms with van der Waals surface area (Å²) in [5.41, 5.74) is 3.38. The molecule has 11 heteroatoms. The molecule has 1 aliphatic heterocycles. The van der Waals surface area contributed by atoms with E-state index in [2.05, 4.69) is 15.4 Å². The Balaban J connectivity index is 1.74. The highest BCUT2D eigenvalue weighted by Gasteiger charge is 2.40. The van der Waals surface area contributed by atoms with Gasteiger partial charge in [-0.05, 0) is 43.0 Å². The second kappa shape index (κ2) is 10.4.